The van der Waals surface area contributed by atoms with Crippen molar-refractivity contribution in [3.05, 3.63) is 0 Å². The van der Waals surface area contributed by atoms with Gasteiger partial charge in [-0.25, -0.2) is 8.78 Å². The molecule has 0 N–H and O–H groups in total. The predicted molar refractivity (Wildman–Crippen MR) is 72.2 cm³/mol. The molecular formula is C10H6F17ISi. The van der Waals surface area contributed by atoms with Crippen LogP contribution in [0.1, 0.15) is 0 Å². The van der Waals surface area contributed by atoms with Gasteiger partial charge in [0.2, 0.25) is 5.57 Å². The van der Waals surface area contributed by atoms with Gasteiger partial charge in [-0.05, 0) is 0 Å². The van der Waals surface area contributed by atoms with Crippen molar-refractivity contribution in [3.63, 3.8) is 0 Å². The van der Waals surface area contributed by atoms with Crippen molar-refractivity contribution in [2.75, 3.05) is 0 Å². The van der Waals surface area contributed by atoms with Gasteiger partial charge in [0.05, 0.1) is 0 Å². The summed E-state index contributed by atoms with van der Waals surface area (Å²) in [6.45, 7) is 0.250. The van der Waals surface area contributed by atoms with Crippen molar-refractivity contribution < 1.29 is 74.6 Å². The summed E-state index contributed by atoms with van der Waals surface area (Å²) in [5, 5.41) is 0. The Morgan fingerprint density at radius 2 is 0.621 bits per heavy atom. The van der Waals surface area contributed by atoms with Crippen LogP contribution in [0.5, 0.6) is 0 Å². The highest BCUT2D eigenvalue weighted by Gasteiger charge is 2.95. The molecule has 0 saturated carbocycles. The van der Waals surface area contributed by atoms with Crippen molar-refractivity contribution >= 4 is 27.4 Å². The third-order valence-electron chi connectivity index (χ3n) is 3.47. The maximum atomic E-state index is 13.6. The first-order valence-corrected chi connectivity index (χ1v) is 12.5. The minimum atomic E-state index is -8.57. The summed E-state index contributed by atoms with van der Waals surface area (Å²) in [4.78, 5) is 0. The summed E-state index contributed by atoms with van der Waals surface area (Å²) in [5.41, 5.74) is -11.3. The van der Waals surface area contributed by atoms with Crippen LogP contribution in [0, 0.1) is 0 Å². The van der Waals surface area contributed by atoms with Gasteiger partial charge in [0.15, 0.2) is 0 Å². The van der Waals surface area contributed by atoms with E-state index in [4.69, 9.17) is 0 Å². The molecule has 0 amide bonds. The maximum Gasteiger partial charge on any atom is 0.460 e. The Morgan fingerprint density at radius 1 is 0.414 bits per heavy atom. The molecule has 0 aliphatic heterocycles. The van der Waals surface area contributed by atoms with E-state index in [2.05, 4.69) is 0 Å². The number of hydrogen-bond acceptors (Lipinski definition) is 0. The number of hydrogen-bond donors (Lipinski definition) is 0. The molecule has 0 rings (SSSR count). The lowest BCUT2D eigenvalue weighted by Gasteiger charge is -2.44. The fourth-order valence-corrected chi connectivity index (χ4v) is 3.46. The van der Waals surface area contributed by atoms with Crippen molar-refractivity contribution in [3.8, 4) is 0 Å². The highest BCUT2D eigenvalue weighted by atomic mass is 127. The molecule has 0 aromatic rings. The molecule has 0 aliphatic carbocycles. The zero-order valence-corrected chi connectivity index (χ0v) is 16.5. The molecule has 0 spiro atoms. The average Bonchev–Trinajstić information content (AvgIpc) is 2.43. The molecule has 0 atom stereocenters. The van der Waals surface area contributed by atoms with Crippen LogP contribution in [0.3, 0.4) is 0 Å². The van der Waals surface area contributed by atoms with Crippen LogP contribution in [0.2, 0.25) is 13.1 Å². The van der Waals surface area contributed by atoms with Crippen LogP contribution >= 0.6 is 21.8 Å². The molecule has 0 heterocycles. The molecule has 0 aromatic carbocycles. The summed E-state index contributed by atoms with van der Waals surface area (Å²) < 4.78 is 221. The quantitative estimate of drug-likeness (QED) is 0.125. The smallest absolute Gasteiger partial charge is 0.204 e. The second kappa shape index (κ2) is 6.88. The molecule has 19 heteroatoms. The summed E-state index contributed by atoms with van der Waals surface area (Å²) in [6, 6.07) is 0. The van der Waals surface area contributed by atoms with Gasteiger partial charge in [0.25, 0.3) is 0 Å². The van der Waals surface area contributed by atoms with E-state index in [0.717, 1.165) is 0 Å². The lowest BCUT2D eigenvalue weighted by atomic mass is 9.91. The van der Waals surface area contributed by atoms with Crippen molar-refractivity contribution in [2.45, 2.75) is 60.4 Å². The second-order valence-corrected chi connectivity index (χ2v) is 17.7. The van der Waals surface area contributed by atoms with Gasteiger partial charge >= 0.3 is 47.3 Å². The lowest BCUT2D eigenvalue weighted by molar-refractivity contribution is -0.458. The molecule has 0 aromatic heterocycles. The van der Waals surface area contributed by atoms with E-state index in [0.29, 0.717) is 21.8 Å². The Bertz CT molecular complexity index is 561. The molecule has 0 unspecified atom stereocenters. The van der Waals surface area contributed by atoms with Gasteiger partial charge in [-0.3, -0.25) is 0 Å². The predicted octanol–water partition coefficient (Wildman–Crippen LogP) is 7.18. The van der Waals surface area contributed by atoms with E-state index in [9.17, 15) is 74.6 Å². The van der Waals surface area contributed by atoms with E-state index >= 15 is 0 Å². The largest absolute Gasteiger partial charge is 0.460 e. The van der Waals surface area contributed by atoms with Crippen LogP contribution in [-0.4, -0.2) is 52.8 Å². The normalized spacial score (nSPS) is 17.0. The Labute approximate surface area is 163 Å². The maximum absolute atomic E-state index is 13.6. The Morgan fingerprint density at radius 3 is 0.828 bits per heavy atom. The van der Waals surface area contributed by atoms with Crippen molar-refractivity contribution in [1.82, 2.24) is 0 Å². The SMILES string of the molecule is C[Si](C)(I)C(F)(F)C(F)(F)C(F)(F)C(F)(F)C(F)(F)C(F)(F)C(F)(F)C(F)(F)F. The lowest BCUT2D eigenvalue weighted by Crippen LogP contribution is -2.76. The highest BCUT2D eigenvalue weighted by Crippen LogP contribution is 2.64. The summed E-state index contributed by atoms with van der Waals surface area (Å²) in [5.74, 6) is -49.4. The monoisotopic (exact) mass is 604 g/mol. The van der Waals surface area contributed by atoms with Gasteiger partial charge < -0.3 is 0 Å². The second-order valence-electron chi connectivity index (χ2n) is 5.99. The van der Waals surface area contributed by atoms with Gasteiger partial charge in [-0.1, -0.05) is 13.1 Å². The van der Waals surface area contributed by atoms with Crippen LogP contribution < -0.4 is 0 Å². The standard InChI is InChI=1S/C10H6F17ISi/c1-29(2,28)10(26,27)8(21,22)6(17,18)4(13,14)3(11,12)5(15,16)7(19,20)9(23,24)25/h1-2H3. The first-order valence-electron chi connectivity index (χ1n) is 6.40. The Kier molecular flexibility index (Phi) is 6.82. The molecule has 176 valence electrons. The zero-order chi connectivity index (χ0) is 24.5. The third kappa shape index (κ3) is 3.58. The summed E-state index contributed by atoms with van der Waals surface area (Å²) >= 11 is 0.399. The van der Waals surface area contributed by atoms with Gasteiger partial charge in [-0.2, -0.15) is 65.9 Å². The Balaban J connectivity index is 6.82. The summed E-state index contributed by atoms with van der Waals surface area (Å²) in [7, 11) is 0. The molecule has 0 fully saturated rings. The first kappa shape index (κ1) is 28.8. The number of halogens is 18. The number of rotatable bonds is 7. The Hall–Kier alpha value is -0.243. The van der Waals surface area contributed by atoms with Crippen LogP contribution in [-0.2, 0) is 0 Å². The van der Waals surface area contributed by atoms with Crippen LogP contribution in [0.25, 0.3) is 0 Å². The topological polar surface area (TPSA) is 0 Å². The average molecular weight is 604 g/mol. The molecule has 0 nitrogen and oxygen atoms in total. The summed E-state index contributed by atoms with van der Waals surface area (Å²) in [6.07, 6.45) is -7.74. The number of alkyl halides is 17. The van der Waals surface area contributed by atoms with E-state index in [-0.39, 0.29) is 13.1 Å². The van der Waals surface area contributed by atoms with E-state index in [1.54, 1.807) is 0 Å². The molecule has 29 heavy (non-hydrogen) atoms. The fourth-order valence-electron chi connectivity index (χ4n) is 1.54. The molecular weight excluding hydrogens is 598 g/mol. The van der Waals surface area contributed by atoms with Crippen LogP contribution in [0.4, 0.5) is 74.6 Å². The van der Waals surface area contributed by atoms with E-state index < -0.39 is 52.8 Å². The minimum absolute atomic E-state index is 0.125. The molecule has 0 saturated heterocycles. The van der Waals surface area contributed by atoms with E-state index in [1.807, 2.05) is 0 Å². The fraction of sp³-hybridized carbons (Fsp3) is 1.00. The minimum Gasteiger partial charge on any atom is -0.204 e. The van der Waals surface area contributed by atoms with Gasteiger partial charge in [-0.15, -0.1) is 21.8 Å². The zero-order valence-electron chi connectivity index (χ0n) is 13.3. The molecule has 0 aliphatic rings. The van der Waals surface area contributed by atoms with E-state index in [1.165, 1.54) is 0 Å². The van der Waals surface area contributed by atoms with Crippen molar-refractivity contribution in [2.24, 2.45) is 0 Å². The highest BCUT2D eigenvalue weighted by molar-refractivity contribution is 14.1. The molecule has 0 bridgehead atoms. The first-order chi connectivity index (χ1) is 12.0. The van der Waals surface area contributed by atoms with Crippen LogP contribution in [0.15, 0.2) is 0 Å². The van der Waals surface area contributed by atoms with Crippen molar-refractivity contribution in [1.29, 1.82) is 0 Å². The van der Waals surface area contributed by atoms with Gasteiger partial charge in [0.1, 0.15) is 0 Å². The third-order valence-corrected chi connectivity index (χ3v) is 7.31. The van der Waals surface area contributed by atoms with Gasteiger partial charge in [0, 0.05) is 0 Å². The molecule has 0 radical (unpaired) electrons.